The van der Waals surface area contributed by atoms with Crippen LogP contribution in [0.2, 0.25) is 0 Å². The van der Waals surface area contributed by atoms with E-state index in [2.05, 4.69) is 12.6 Å². The van der Waals surface area contributed by atoms with Crippen LogP contribution in [-0.4, -0.2) is 24.2 Å². The Bertz CT molecular complexity index is 584. The van der Waals surface area contributed by atoms with Gasteiger partial charge in [-0.1, -0.05) is 30.3 Å². The molecule has 1 atom stereocenters. The summed E-state index contributed by atoms with van der Waals surface area (Å²) in [6, 6.07) is 16.6. The van der Waals surface area contributed by atoms with E-state index in [4.69, 9.17) is 10.5 Å². The molecule has 1 unspecified atom stereocenters. The van der Waals surface area contributed by atoms with E-state index in [1.54, 1.807) is 12.1 Å². The summed E-state index contributed by atoms with van der Waals surface area (Å²) >= 11 is 4.15. The first-order valence-electron chi connectivity index (χ1n) is 7.40. The molecule has 22 heavy (non-hydrogen) atoms. The van der Waals surface area contributed by atoms with Gasteiger partial charge in [0.1, 0.15) is 5.75 Å². The van der Waals surface area contributed by atoms with E-state index < -0.39 is 0 Å². The molecule has 0 spiro atoms. The van der Waals surface area contributed by atoms with E-state index in [1.807, 2.05) is 42.5 Å². The lowest BCUT2D eigenvalue weighted by molar-refractivity contribution is 0.103. The number of hydrogen-bond acceptors (Lipinski definition) is 4. The fraction of sp³-hybridized carbons (Fsp3) is 0.278. The fourth-order valence-electron chi connectivity index (χ4n) is 2.09. The van der Waals surface area contributed by atoms with Gasteiger partial charge in [-0.2, -0.15) is 12.6 Å². The van der Waals surface area contributed by atoms with Crippen molar-refractivity contribution in [3.63, 3.8) is 0 Å². The number of ketones is 1. The first kappa shape index (κ1) is 16.6. The van der Waals surface area contributed by atoms with Crippen LogP contribution in [-0.2, 0) is 0 Å². The number of carbonyl (C=O) groups excluding carboxylic acids is 1. The minimum Gasteiger partial charge on any atom is -0.494 e. The topological polar surface area (TPSA) is 52.3 Å². The molecule has 0 aromatic heterocycles. The van der Waals surface area contributed by atoms with Crippen molar-refractivity contribution in [1.29, 1.82) is 0 Å². The molecule has 0 bridgehead atoms. The van der Waals surface area contributed by atoms with Gasteiger partial charge in [0.05, 0.1) is 6.61 Å². The monoisotopic (exact) mass is 315 g/mol. The van der Waals surface area contributed by atoms with Gasteiger partial charge in [-0.15, -0.1) is 0 Å². The highest BCUT2D eigenvalue weighted by Gasteiger charge is 2.08. The average molecular weight is 315 g/mol. The Balaban J connectivity index is 1.87. The standard InChI is InChI=1S/C18H21NO2S/c19-16(13-22)7-4-12-21-17-10-8-15(9-11-17)18(20)14-5-2-1-3-6-14/h1-3,5-6,8-11,16,22H,4,7,12-13,19H2. The highest BCUT2D eigenvalue weighted by Crippen LogP contribution is 2.16. The fourth-order valence-corrected chi connectivity index (χ4v) is 2.27. The normalized spacial score (nSPS) is 11.9. The Morgan fingerprint density at radius 1 is 1.05 bits per heavy atom. The van der Waals surface area contributed by atoms with Crippen LogP contribution in [0.25, 0.3) is 0 Å². The third kappa shape index (κ3) is 4.90. The summed E-state index contributed by atoms with van der Waals surface area (Å²) in [4.78, 5) is 12.3. The van der Waals surface area contributed by atoms with E-state index in [0.29, 0.717) is 23.5 Å². The summed E-state index contributed by atoms with van der Waals surface area (Å²) in [6.45, 7) is 0.619. The summed E-state index contributed by atoms with van der Waals surface area (Å²) in [7, 11) is 0. The third-order valence-corrected chi connectivity index (χ3v) is 3.84. The van der Waals surface area contributed by atoms with Gasteiger partial charge in [0.15, 0.2) is 5.78 Å². The molecule has 3 nitrogen and oxygen atoms in total. The van der Waals surface area contributed by atoms with Gasteiger partial charge in [-0.05, 0) is 37.1 Å². The molecule has 0 aliphatic rings. The highest BCUT2D eigenvalue weighted by molar-refractivity contribution is 7.80. The van der Waals surface area contributed by atoms with Crippen molar-refractivity contribution in [3.8, 4) is 5.75 Å². The van der Waals surface area contributed by atoms with Crippen LogP contribution < -0.4 is 10.5 Å². The van der Waals surface area contributed by atoms with Crippen LogP contribution in [0.5, 0.6) is 5.75 Å². The van der Waals surface area contributed by atoms with Crippen molar-refractivity contribution in [3.05, 3.63) is 65.7 Å². The summed E-state index contributed by atoms with van der Waals surface area (Å²) in [5, 5.41) is 0. The predicted molar refractivity (Wildman–Crippen MR) is 92.9 cm³/mol. The van der Waals surface area contributed by atoms with Crippen molar-refractivity contribution in [2.24, 2.45) is 5.73 Å². The molecular weight excluding hydrogens is 294 g/mol. The maximum absolute atomic E-state index is 12.3. The van der Waals surface area contributed by atoms with Gasteiger partial charge in [0.2, 0.25) is 0 Å². The summed E-state index contributed by atoms with van der Waals surface area (Å²) in [5.41, 5.74) is 7.15. The molecule has 2 N–H and O–H groups in total. The number of hydrogen-bond donors (Lipinski definition) is 2. The lowest BCUT2D eigenvalue weighted by Gasteiger charge is -2.09. The van der Waals surface area contributed by atoms with Crippen LogP contribution in [0.1, 0.15) is 28.8 Å². The van der Waals surface area contributed by atoms with E-state index >= 15 is 0 Å². The first-order chi connectivity index (χ1) is 10.7. The maximum atomic E-state index is 12.3. The Labute approximate surface area is 136 Å². The quantitative estimate of drug-likeness (QED) is 0.446. The molecule has 0 aliphatic heterocycles. The van der Waals surface area contributed by atoms with Gasteiger partial charge < -0.3 is 10.5 Å². The van der Waals surface area contributed by atoms with Gasteiger partial charge in [-0.3, -0.25) is 4.79 Å². The van der Waals surface area contributed by atoms with Gasteiger partial charge >= 0.3 is 0 Å². The van der Waals surface area contributed by atoms with Gasteiger partial charge in [0.25, 0.3) is 0 Å². The number of benzene rings is 2. The van der Waals surface area contributed by atoms with Crippen molar-refractivity contribution >= 4 is 18.4 Å². The van der Waals surface area contributed by atoms with E-state index in [-0.39, 0.29) is 11.8 Å². The average Bonchev–Trinajstić information content (AvgIpc) is 2.59. The van der Waals surface area contributed by atoms with Crippen molar-refractivity contribution in [2.75, 3.05) is 12.4 Å². The van der Waals surface area contributed by atoms with Crippen LogP contribution in [0.3, 0.4) is 0 Å². The predicted octanol–water partition coefficient (Wildman–Crippen LogP) is 3.33. The highest BCUT2D eigenvalue weighted by atomic mass is 32.1. The lowest BCUT2D eigenvalue weighted by atomic mass is 10.0. The molecule has 2 aromatic rings. The Morgan fingerprint density at radius 2 is 1.68 bits per heavy atom. The number of thiol groups is 1. The van der Waals surface area contributed by atoms with Crippen LogP contribution in [0, 0.1) is 0 Å². The minimum absolute atomic E-state index is 0.0203. The van der Waals surface area contributed by atoms with Gasteiger partial charge in [-0.25, -0.2) is 0 Å². The zero-order valence-corrected chi connectivity index (χ0v) is 13.3. The zero-order chi connectivity index (χ0) is 15.8. The van der Waals surface area contributed by atoms with Crippen LogP contribution >= 0.6 is 12.6 Å². The SMILES string of the molecule is NC(CS)CCCOc1ccc(C(=O)c2ccccc2)cc1. The molecule has 0 saturated carbocycles. The second-order valence-electron chi connectivity index (χ2n) is 5.15. The molecule has 0 fully saturated rings. The number of carbonyl (C=O) groups is 1. The Hall–Kier alpha value is -1.78. The summed E-state index contributed by atoms with van der Waals surface area (Å²) < 4.78 is 5.65. The van der Waals surface area contributed by atoms with Crippen molar-refractivity contribution in [2.45, 2.75) is 18.9 Å². The summed E-state index contributed by atoms with van der Waals surface area (Å²) in [6.07, 6.45) is 1.79. The van der Waals surface area contributed by atoms with Gasteiger partial charge in [0, 0.05) is 22.9 Å². The lowest BCUT2D eigenvalue weighted by Crippen LogP contribution is -2.22. The van der Waals surface area contributed by atoms with Crippen molar-refractivity contribution in [1.82, 2.24) is 0 Å². The first-order valence-corrected chi connectivity index (χ1v) is 8.03. The largest absolute Gasteiger partial charge is 0.494 e. The molecule has 0 heterocycles. The Kier molecular flexibility index (Phi) is 6.49. The molecule has 0 saturated heterocycles. The zero-order valence-electron chi connectivity index (χ0n) is 12.4. The van der Waals surface area contributed by atoms with Crippen LogP contribution in [0.4, 0.5) is 0 Å². The minimum atomic E-state index is 0.0203. The van der Waals surface area contributed by atoms with E-state index in [9.17, 15) is 4.79 Å². The molecule has 0 aliphatic carbocycles. The number of rotatable bonds is 8. The molecule has 0 radical (unpaired) electrons. The molecule has 4 heteroatoms. The second kappa shape index (κ2) is 8.61. The maximum Gasteiger partial charge on any atom is 0.193 e. The molecular formula is C18H21NO2S. The Morgan fingerprint density at radius 3 is 2.32 bits per heavy atom. The third-order valence-electron chi connectivity index (χ3n) is 3.37. The summed E-state index contributed by atoms with van der Waals surface area (Å²) in [5.74, 6) is 1.48. The molecule has 116 valence electrons. The smallest absolute Gasteiger partial charge is 0.193 e. The van der Waals surface area contributed by atoms with Crippen LogP contribution in [0.15, 0.2) is 54.6 Å². The molecule has 2 rings (SSSR count). The number of nitrogens with two attached hydrogens (primary N) is 1. The van der Waals surface area contributed by atoms with E-state index in [1.165, 1.54) is 0 Å². The second-order valence-corrected chi connectivity index (χ2v) is 5.52. The number of ether oxygens (including phenoxy) is 1. The molecule has 0 amide bonds. The van der Waals surface area contributed by atoms with Crippen molar-refractivity contribution < 1.29 is 9.53 Å². The van der Waals surface area contributed by atoms with E-state index in [0.717, 1.165) is 18.6 Å². The molecule has 2 aromatic carbocycles.